The number of hydrazone groups is 1. The Morgan fingerprint density at radius 1 is 1.07 bits per heavy atom. The molecule has 40 heavy (non-hydrogen) atoms. The Morgan fingerprint density at radius 3 is 2.45 bits per heavy atom. The van der Waals surface area contributed by atoms with Crippen molar-refractivity contribution in [3.63, 3.8) is 0 Å². The monoisotopic (exact) mass is 595 g/mol. The first kappa shape index (κ1) is 30.5. The normalized spacial score (nSPS) is 11.7. The van der Waals surface area contributed by atoms with Crippen molar-refractivity contribution < 1.29 is 35.9 Å². The molecule has 0 saturated heterocycles. The van der Waals surface area contributed by atoms with Crippen LogP contribution in [0.15, 0.2) is 89.4 Å². The van der Waals surface area contributed by atoms with Crippen LogP contribution in [0.1, 0.15) is 18.1 Å². The van der Waals surface area contributed by atoms with Gasteiger partial charge < -0.3 is 9.47 Å². The number of anilines is 1. The third-order valence-electron chi connectivity index (χ3n) is 5.19. The van der Waals surface area contributed by atoms with Crippen LogP contribution < -0.4 is 19.2 Å². The summed E-state index contributed by atoms with van der Waals surface area (Å²) in [6.45, 7) is 5.11. The van der Waals surface area contributed by atoms with Crippen molar-refractivity contribution in [2.45, 2.75) is 18.0 Å². The number of hydrogen-bond donors (Lipinski definition) is 1. The second-order valence-electron chi connectivity index (χ2n) is 8.02. The Labute approximate surface area is 234 Å². The van der Waals surface area contributed by atoms with Crippen LogP contribution in [0.2, 0.25) is 5.02 Å². The molecule has 0 unspecified atom stereocenters. The summed E-state index contributed by atoms with van der Waals surface area (Å²) in [5, 5.41) is 3.54. The van der Waals surface area contributed by atoms with Crippen LogP contribution >= 0.6 is 11.6 Å². The zero-order valence-electron chi connectivity index (χ0n) is 21.2. The first-order valence-electron chi connectivity index (χ1n) is 11.7. The highest BCUT2D eigenvalue weighted by molar-refractivity contribution is 7.92. The molecule has 0 atom stereocenters. The molecule has 0 aliphatic heterocycles. The van der Waals surface area contributed by atoms with E-state index in [2.05, 4.69) is 17.1 Å². The second-order valence-corrected chi connectivity index (χ2v) is 10.3. The lowest BCUT2D eigenvalue weighted by Crippen LogP contribution is -2.40. The average molecular weight is 596 g/mol. The van der Waals surface area contributed by atoms with Gasteiger partial charge in [0.25, 0.3) is 15.9 Å². The number of rotatable bonds is 12. The van der Waals surface area contributed by atoms with Crippen molar-refractivity contribution in [2.75, 3.05) is 24.1 Å². The molecule has 0 aliphatic rings. The van der Waals surface area contributed by atoms with Crippen molar-refractivity contribution in [1.29, 1.82) is 0 Å². The fourth-order valence-corrected chi connectivity index (χ4v) is 5.11. The maximum absolute atomic E-state index is 13.4. The number of sulfonamides is 1. The van der Waals surface area contributed by atoms with Crippen LogP contribution in [0.5, 0.6) is 11.5 Å². The molecule has 3 rings (SSSR count). The number of alkyl halides is 3. The van der Waals surface area contributed by atoms with Crippen molar-refractivity contribution in [3.05, 3.63) is 95.5 Å². The summed E-state index contributed by atoms with van der Waals surface area (Å²) in [4.78, 5) is 12.5. The zero-order chi connectivity index (χ0) is 29.3. The van der Waals surface area contributed by atoms with Crippen molar-refractivity contribution in [3.8, 4) is 11.5 Å². The van der Waals surface area contributed by atoms with Gasteiger partial charge >= 0.3 is 6.18 Å². The van der Waals surface area contributed by atoms with Gasteiger partial charge in [0.15, 0.2) is 11.5 Å². The van der Waals surface area contributed by atoms with E-state index in [1.807, 2.05) is 0 Å². The molecule has 0 spiro atoms. The Balaban J connectivity index is 1.88. The molecule has 0 saturated carbocycles. The molecule has 8 nitrogen and oxygen atoms in total. The Bertz CT molecular complexity index is 1480. The van der Waals surface area contributed by atoms with Crippen LogP contribution in [0.25, 0.3) is 0 Å². The van der Waals surface area contributed by atoms with E-state index in [0.717, 1.165) is 6.07 Å². The highest BCUT2D eigenvalue weighted by Crippen LogP contribution is 2.37. The number of carbonyl (C=O) groups excluding carboxylic acids is 1. The largest absolute Gasteiger partial charge is 0.490 e. The van der Waals surface area contributed by atoms with E-state index < -0.39 is 39.9 Å². The maximum atomic E-state index is 13.4. The summed E-state index contributed by atoms with van der Waals surface area (Å²) in [5.41, 5.74) is 1.06. The lowest BCUT2D eigenvalue weighted by molar-refractivity contribution is -0.137. The summed E-state index contributed by atoms with van der Waals surface area (Å²) in [7, 11) is -4.50. The Morgan fingerprint density at radius 2 is 1.80 bits per heavy atom. The van der Waals surface area contributed by atoms with Gasteiger partial charge in [-0.3, -0.25) is 9.10 Å². The predicted octanol–water partition coefficient (Wildman–Crippen LogP) is 5.67. The number of ether oxygens (including phenoxy) is 2. The molecular weight excluding hydrogens is 571 g/mol. The maximum Gasteiger partial charge on any atom is 0.416 e. The van der Waals surface area contributed by atoms with Gasteiger partial charge in [-0.15, -0.1) is 0 Å². The summed E-state index contributed by atoms with van der Waals surface area (Å²) in [5.74, 6) is -0.0261. The number of benzene rings is 3. The molecule has 1 N–H and O–H groups in total. The molecule has 0 bridgehead atoms. The smallest absolute Gasteiger partial charge is 0.416 e. The minimum atomic E-state index is -4.78. The van der Waals surface area contributed by atoms with Gasteiger partial charge in [-0.1, -0.05) is 42.5 Å². The number of amides is 1. The van der Waals surface area contributed by atoms with Crippen LogP contribution in [0, 0.1) is 0 Å². The molecule has 3 aromatic rings. The van der Waals surface area contributed by atoms with Crippen LogP contribution in [-0.2, 0) is 21.0 Å². The van der Waals surface area contributed by atoms with Gasteiger partial charge in [-0.2, -0.15) is 18.3 Å². The number of nitrogens with zero attached hydrogens (tertiary/aromatic N) is 2. The summed E-state index contributed by atoms with van der Waals surface area (Å²) in [6, 6.07) is 14.0. The lowest BCUT2D eigenvalue weighted by Gasteiger charge is -2.25. The molecule has 3 aromatic carbocycles. The number of hydrogen-bond acceptors (Lipinski definition) is 6. The van der Waals surface area contributed by atoms with Crippen molar-refractivity contribution in [2.24, 2.45) is 5.10 Å². The molecule has 0 aromatic heterocycles. The number of carbonyl (C=O) groups is 1. The topological polar surface area (TPSA) is 97.3 Å². The molecule has 13 heteroatoms. The van der Waals surface area contributed by atoms with Gasteiger partial charge in [0.2, 0.25) is 0 Å². The SMILES string of the molecule is C=CCOc1ccc(/C=N/NC(=O)CN(c2cc(C(F)(F)F)ccc2Cl)S(=O)(=O)c2ccccc2)cc1OCC. The minimum Gasteiger partial charge on any atom is -0.490 e. The van der Waals surface area contributed by atoms with Crippen molar-refractivity contribution in [1.82, 2.24) is 5.43 Å². The van der Waals surface area contributed by atoms with Crippen LogP contribution in [0.4, 0.5) is 18.9 Å². The highest BCUT2D eigenvalue weighted by Gasteiger charge is 2.34. The summed E-state index contributed by atoms with van der Waals surface area (Å²) < 4.78 is 78.6. The summed E-state index contributed by atoms with van der Waals surface area (Å²) in [6.07, 6.45) is -1.92. The molecule has 0 heterocycles. The first-order chi connectivity index (χ1) is 19.0. The average Bonchev–Trinajstić information content (AvgIpc) is 2.91. The van der Waals surface area contributed by atoms with Gasteiger partial charge in [0.05, 0.1) is 34.0 Å². The van der Waals surface area contributed by atoms with E-state index in [1.54, 1.807) is 37.3 Å². The molecule has 0 aliphatic carbocycles. The van der Waals surface area contributed by atoms with E-state index in [0.29, 0.717) is 40.1 Å². The zero-order valence-corrected chi connectivity index (χ0v) is 22.8. The van der Waals surface area contributed by atoms with E-state index in [4.69, 9.17) is 21.1 Å². The quantitative estimate of drug-likeness (QED) is 0.165. The second kappa shape index (κ2) is 13.4. The fourth-order valence-electron chi connectivity index (χ4n) is 3.39. The van der Waals surface area contributed by atoms with E-state index >= 15 is 0 Å². The number of nitrogens with one attached hydrogen (secondary N) is 1. The molecule has 212 valence electrons. The third kappa shape index (κ3) is 7.76. The highest BCUT2D eigenvalue weighted by atomic mass is 35.5. The van der Waals surface area contributed by atoms with Gasteiger partial charge in [-0.05, 0) is 61.0 Å². The Hall–Kier alpha value is -4.03. The molecule has 1 amide bonds. The van der Waals surface area contributed by atoms with Gasteiger partial charge in [0.1, 0.15) is 13.2 Å². The van der Waals surface area contributed by atoms with Gasteiger partial charge in [-0.25, -0.2) is 13.8 Å². The van der Waals surface area contributed by atoms with Gasteiger partial charge in [0, 0.05) is 0 Å². The molecule has 0 fully saturated rings. The van der Waals surface area contributed by atoms with Crippen molar-refractivity contribution >= 4 is 39.4 Å². The van der Waals surface area contributed by atoms with E-state index in [1.165, 1.54) is 30.5 Å². The third-order valence-corrected chi connectivity index (χ3v) is 7.28. The van der Waals surface area contributed by atoms with Crippen LogP contribution in [-0.4, -0.2) is 40.3 Å². The lowest BCUT2D eigenvalue weighted by atomic mass is 10.2. The summed E-state index contributed by atoms with van der Waals surface area (Å²) >= 11 is 6.13. The standard InChI is InChI=1S/C27H25ClF3N3O5S/c1-3-14-39-24-13-10-19(15-25(24)38-4-2)17-32-33-26(35)18-34(40(36,37)21-8-6-5-7-9-21)23-16-20(27(29,30)31)11-12-22(23)28/h3,5-13,15-17H,1,4,14,18H2,2H3,(H,33,35)/b32-17+. The van der Waals surface area contributed by atoms with E-state index in [-0.39, 0.29) is 16.5 Å². The first-order valence-corrected chi connectivity index (χ1v) is 13.6. The fraction of sp³-hybridized carbons (Fsp3) is 0.185. The number of halogens is 4. The molecular formula is C27H25ClF3N3O5S. The van der Waals surface area contributed by atoms with Crippen LogP contribution in [0.3, 0.4) is 0 Å². The minimum absolute atomic E-state index is 0.248. The van der Waals surface area contributed by atoms with E-state index in [9.17, 15) is 26.4 Å². The predicted molar refractivity (Wildman–Crippen MR) is 146 cm³/mol. The molecule has 0 radical (unpaired) electrons. The Kier molecular flexibility index (Phi) is 10.2.